The van der Waals surface area contributed by atoms with E-state index in [1.54, 1.807) is 0 Å². The first-order valence-corrected chi connectivity index (χ1v) is 13.3. The number of hydrogen-bond acceptors (Lipinski definition) is 4. The Morgan fingerprint density at radius 1 is 1.11 bits per heavy atom. The minimum atomic E-state index is -0.979. The number of benzene rings is 2. The molecule has 1 saturated carbocycles. The molecule has 3 rings (SSSR count). The van der Waals surface area contributed by atoms with Gasteiger partial charge in [-0.2, -0.15) is 0 Å². The maximum atomic E-state index is 13.8. The Balaban J connectivity index is 1.83. The van der Waals surface area contributed by atoms with E-state index in [0.29, 0.717) is 11.5 Å². The molecule has 0 radical (unpaired) electrons. The van der Waals surface area contributed by atoms with Crippen molar-refractivity contribution in [2.75, 3.05) is 13.2 Å². The lowest BCUT2D eigenvalue weighted by Crippen LogP contribution is -2.53. The largest absolute Gasteiger partial charge is 0.396 e. The molecule has 2 atom stereocenters. The Hall–Kier alpha value is -2.35. The molecule has 2 aromatic carbocycles. The van der Waals surface area contributed by atoms with E-state index < -0.39 is 23.8 Å². The quantitative estimate of drug-likeness (QED) is 0.368. The molecule has 0 spiro atoms. The van der Waals surface area contributed by atoms with Crippen molar-refractivity contribution in [3.63, 3.8) is 0 Å². The van der Waals surface area contributed by atoms with Gasteiger partial charge in [-0.05, 0) is 78.7 Å². The number of aliphatic hydroxyl groups excluding tert-OH is 2. The van der Waals surface area contributed by atoms with Crippen LogP contribution in [0.2, 0.25) is 0 Å². The molecule has 37 heavy (non-hydrogen) atoms. The Morgan fingerprint density at radius 2 is 1.76 bits per heavy atom. The van der Waals surface area contributed by atoms with Crippen molar-refractivity contribution in [1.82, 2.24) is 10.6 Å². The first-order valence-electron chi connectivity index (χ1n) is 13.3. The van der Waals surface area contributed by atoms with Gasteiger partial charge in [0.2, 0.25) is 5.91 Å². The Labute approximate surface area is 219 Å². The fourth-order valence-electron chi connectivity index (χ4n) is 5.46. The van der Waals surface area contributed by atoms with E-state index in [-0.39, 0.29) is 36.4 Å². The average Bonchev–Trinajstić information content (AvgIpc) is 2.82. The van der Waals surface area contributed by atoms with Gasteiger partial charge in [0.15, 0.2) is 0 Å². The van der Waals surface area contributed by atoms with Gasteiger partial charge in [0.1, 0.15) is 11.6 Å². The van der Waals surface area contributed by atoms with Gasteiger partial charge in [-0.3, -0.25) is 4.79 Å². The maximum Gasteiger partial charge on any atom is 0.217 e. The van der Waals surface area contributed by atoms with E-state index in [4.69, 9.17) is 0 Å². The van der Waals surface area contributed by atoms with Gasteiger partial charge < -0.3 is 20.8 Å². The highest BCUT2D eigenvalue weighted by Gasteiger charge is 2.38. The van der Waals surface area contributed by atoms with Crippen molar-refractivity contribution in [3.8, 4) is 0 Å². The summed E-state index contributed by atoms with van der Waals surface area (Å²) in [5, 5.41) is 27.0. The molecule has 0 bridgehead atoms. The van der Waals surface area contributed by atoms with Crippen LogP contribution in [0.5, 0.6) is 0 Å². The van der Waals surface area contributed by atoms with E-state index in [1.165, 1.54) is 24.6 Å². The standard InChI is InChI=1S/C30H42F2N2O3/c1-20(36)34-27(16-22-14-25(31)18-26(32)15-22)28(37)19-33-30(11-8-21(9-12-30)10-13-35)24-7-5-6-23(17-24)29(2,3)4/h5-7,14-15,17-18,21,27-28,33,35,37H,8-13,16,19H2,1-4H3,(H,34,36)/t21?,27-,28+,30?/m0/s1. The Morgan fingerprint density at radius 3 is 2.32 bits per heavy atom. The number of halogens is 2. The SMILES string of the molecule is CC(=O)N[C@@H](Cc1cc(F)cc(F)c1)[C@H](O)CNC1(c2cccc(C(C)(C)C)c2)CCC(CCO)CC1. The number of rotatable bonds is 10. The fourth-order valence-corrected chi connectivity index (χ4v) is 5.46. The van der Waals surface area contributed by atoms with Crippen molar-refractivity contribution in [1.29, 1.82) is 0 Å². The topological polar surface area (TPSA) is 81.6 Å². The van der Waals surface area contributed by atoms with E-state index >= 15 is 0 Å². The molecule has 0 aromatic heterocycles. The van der Waals surface area contributed by atoms with E-state index in [2.05, 4.69) is 55.7 Å². The molecular weight excluding hydrogens is 474 g/mol. The molecule has 1 fully saturated rings. The number of aliphatic hydroxyl groups is 2. The second kappa shape index (κ2) is 12.5. The minimum absolute atomic E-state index is 0.0124. The van der Waals surface area contributed by atoms with Crippen LogP contribution in [0.3, 0.4) is 0 Å². The smallest absolute Gasteiger partial charge is 0.217 e. The van der Waals surface area contributed by atoms with E-state index in [0.717, 1.165) is 43.7 Å². The predicted octanol–water partition coefficient (Wildman–Crippen LogP) is 4.73. The lowest BCUT2D eigenvalue weighted by molar-refractivity contribution is -0.120. The second-order valence-electron chi connectivity index (χ2n) is 11.6. The number of nitrogens with one attached hydrogen (secondary N) is 2. The van der Waals surface area contributed by atoms with Crippen LogP contribution in [0.1, 0.15) is 76.5 Å². The summed E-state index contributed by atoms with van der Waals surface area (Å²) in [6.07, 6.45) is 3.54. The highest BCUT2D eigenvalue weighted by atomic mass is 19.1. The molecule has 204 valence electrons. The normalized spacial score (nSPS) is 21.9. The van der Waals surface area contributed by atoms with E-state index in [1.807, 2.05) is 0 Å². The molecule has 0 aliphatic heterocycles. The molecule has 4 N–H and O–H groups in total. The molecule has 7 heteroatoms. The van der Waals surface area contributed by atoms with Gasteiger partial charge in [0.25, 0.3) is 0 Å². The second-order valence-corrected chi connectivity index (χ2v) is 11.6. The highest BCUT2D eigenvalue weighted by molar-refractivity contribution is 5.73. The number of carbonyl (C=O) groups is 1. The summed E-state index contributed by atoms with van der Waals surface area (Å²) < 4.78 is 27.5. The lowest BCUT2D eigenvalue weighted by Gasteiger charge is -2.43. The summed E-state index contributed by atoms with van der Waals surface area (Å²) in [5.74, 6) is -1.24. The first kappa shape index (κ1) is 29.2. The van der Waals surface area contributed by atoms with Crippen molar-refractivity contribution in [3.05, 3.63) is 70.8 Å². The summed E-state index contributed by atoms with van der Waals surface area (Å²) in [4.78, 5) is 11.9. The van der Waals surface area contributed by atoms with Crippen LogP contribution in [0.4, 0.5) is 8.78 Å². The van der Waals surface area contributed by atoms with Crippen LogP contribution in [-0.4, -0.2) is 41.4 Å². The number of amides is 1. The first-order chi connectivity index (χ1) is 17.4. The van der Waals surface area contributed by atoms with Crippen molar-refractivity contribution < 1.29 is 23.8 Å². The van der Waals surface area contributed by atoms with Crippen molar-refractivity contribution in [2.45, 2.75) is 89.3 Å². The highest BCUT2D eigenvalue weighted by Crippen LogP contribution is 2.41. The molecular formula is C30H42F2N2O3. The maximum absolute atomic E-state index is 13.8. The summed E-state index contributed by atoms with van der Waals surface area (Å²) >= 11 is 0. The van der Waals surface area contributed by atoms with E-state index in [9.17, 15) is 23.8 Å². The van der Waals surface area contributed by atoms with Gasteiger partial charge in [-0.15, -0.1) is 0 Å². The van der Waals surface area contributed by atoms with Crippen LogP contribution in [-0.2, 0) is 22.2 Å². The zero-order valence-corrected chi connectivity index (χ0v) is 22.5. The van der Waals surface area contributed by atoms with Crippen LogP contribution < -0.4 is 10.6 Å². The van der Waals surface area contributed by atoms with Crippen LogP contribution in [0, 0.1) is 17.6 Å². The van der Waals surface area contributed by atoms with Gasteiger partial charge in [-0.25, -0.2) is 8.78 Å². The third-order valence-electron chi connectivity index (χ3n) is 7.66. The zero-order valence-electron chi connectivity index (χ0n) is 22.5. The van der Waals surface area contributed by atoms with Crippen molar-refractivity contribution >= 4 is 5.91 Å². The molecule has 0 saturated heterocycles. The Kier molecular flexibility index (Phi) is 9.84. The molecule has 0 heterocycles. The summed E-state index contributed by atoms with van der Waals surface area (Å²) in [5.41, 5.74) is 2.39. The molecule has 1 aliphatic carbocycles. The van der Waals surface area contributed by atoms with Crippen LogP contribution in [0.25, 0.3) is 0 Å². The fraction of sp³-hybridized carbons (Fsp3) is 0.567. The zero-order chi connectivity index (χ0) is 27.2. The summed E-state index contributed by atoms with van der Waals surface area (Å²) in [6.45, 7) is 8.29. The third kappa shape index (κ3) is 8.06. The van der Waals surface area contributed by atoms with Gasteiger partial charge in [0, 0.05) is 31.7 Å². The van der Waals surface area contributed by atoms with Gasteiger partial charge in [-0.1, -0.05) is 45.0 Å². The predicted molar refractivity (Wildman–Crippen MR) is 142 cm³/mol. The molecule has 0 unspecified atom stereocenters. The Bertz CT molecular complexity index is 1030. The van der Waals surface area contributed by atoms with Crippen LogP contribution in [0.15, 0.2) is 42.5 Å². The number of carbonyl (C=O) groups excluding carboxylic acids is 1. The van der Waals surface area contributed by atoms with Gasteiger partial charge >= 0.3 is 0 Å². The molecule has 5 nitrogen and oxygen atoms in total. The average molecular weight is 517 g/mol. The molecule has 1 amide bonds. The third-order valence-corrected chi connectivity index (χ3v) is 7.66. The summed E-state index contributed by atoms with van der Waals surface area (Å²) in [7, 11) is 0. The van der Waals surface area contributed by atoms with Crippen molar-refractivity contribution in [2.24, 2.45) is 5.92 Å². The lowest BCUT2D eigenvalue weighted by atomic mass is 9.71. The molecule has 1 aliphatic rings. The number of hydrogen-bond donors (Lipinski definition) is 4. The van der Waals surface area contributed by atoms with Crippen LogP contribution >= 0.6 is 0 Å². The monoisotopic (exact) mass is 516 g/mol. The minimum Gasteiger partial charge on any atom is -0.396 e. The van der Waals surface area contributed by atoms with Gasteiger partial charge in [0.05, 0.1) is 12.1 Å². The summed E-state index contributed by atoms with van der Waals surface area (Å²) in [6, 6.07) is 11.1. The molecule has 2 aromatic rings.